The third-order valence-electron chi connectivity index (χ3n) is 4.04. The van der Waals surface area contributed by atoms with Crippen LogP contribution in [0.3, 0.4) is 0 Å². The first-order valence-corrected chi connectivity index (χ1v) is 6.77. The van der Waals surface area contributed by atoms with Crippen LogP contribution in [0.4, 0.5) is 5.82 Å². The molecule has 19 heavy (non-hydrogen) atoms. The zero-order valence-corrected chi connectivity index (χ0v) is 11.8. The number of hydrogen-bond acceptors (Lipinski definition) is 4. The van der Waals surface area contributed by atoms with Crippen molar-refractivity contribution in [2.45, 2.75) is 40.0 Å². The molecule has 1 unspecified atom stereocenters. The lowest BCUT2D eigenvalue weighted by atomic mass is 9.83. The number of rotatable bonds is 4. The van der Waals surface area contributed by atoms with Gasteiger partial charge in [-0.3, -0.25) is 9.78 Å². The molecular weight excluding hydrogens is 242 g/mol. The summed E-state index contributed by atoms with van der Waals surface area (Å²) in [5.41, 5.74) is 1.21. The van der Waals surface area contributed by atoms with Crippen molar-refractivity contribution < 1.29 is 9.90 Å². The van der Waals surface area contributed by atoms with Crippen molar-refractivity contribution in [3.8, 4) is 0 Å². The van der Waals surface area contributed by atoms with E-state index in [1.54, 1.807) is 6.20 Å². The van der Waals surface area contributed by atoms with Crippen molar-refractivity contribution in [1.82, 2.24) is 9.97 Å². The fourth-order valence-corrected chi connectivity index (χ4v) is 2.71. The molecule has 1 fully saturated rings. The third kappa shape index (κ3) is 2.55. The second-order valence-electron chi connectivity index (χ2n) is 5.41. The van der Waals surface area contributed by atoms with Gasteiger partial charge in [0.25, 0.3) is 0 Å². The van der Waals surface area contributed by atoms with Gasteiger partial charge in [0.2, 0.25) is 0 Å². The highest BCUT2D eigenvalue weighted by Crippen LogP contribution is 2.37. The Balaban J connectivity index is 2.20. The predicted octanol–water partition coefficient (Wildman–Crippen LogP) is 2.17. The molecule has 104 valence electrons. The summed E-state index contributed by atoms with van der Waals surface area (Å²) in [5.74, 6) is 0.107. The Hall–Kier alpha value is -1.65. The van der Waals surface area contributed by atoms with Gasteiger partial charge in [-0.1, -0.05) is 13.3 Å². The number of aromatic nitrogens is 2. The van der Waals surface area contributed by atoms with E-state index in [1.807, 2.05) is 25.7 Å². The van der Waals surface area contributed by atoms with Crippen LogP contribution in [0.1, 0.15) is 37.6 Å². The smallest absolute Gasteiger partial charge is 0.311 e. The van der Waals surface area contributed by atoms with E-state index in [2.05, 4.69) is 9.97 Å². The van der Waals surface area contributed by atoms with E-state index in [9.17, 15) is 9.90 Å². The number of carboxylic acids is 1. The molecule has 0 radical (unpaired) electrons. The number of aliphatic carboxylic acids is 1. The van der Waals surface area contributed by atoms with Gasteiger partial charge in [0, 0.05) is 13.1 Å². The molecule has 2 heterocycles. The lowest BCUT2D eigenvalue weighted by Crippen LogP contribution is -2.35. The zero-order valence-electron chi connectivity index (χ0n) is 11.8. The van der Waals surface area contributed by atoms with Crippen molar-refractivity contribution in [3.63, 3.8) is 0 Å². The minimum Gasteiger partial charge on any atom is -0.481 e. The molecule has 0 amide bonds. The molecule has 1 aromatic rings. The molecule has 0 spiro atoms. The van der Waals surface area contributed by atoms with Gasteiger partial charge in [-0.15, -0.1) is 0 Å². The molecule has 1 atom stereocenters. The average Bonchev–Trinajstić information content (AvgIpc) is 2.79. The molecule has 1 aliphatic rings. The van der Waals surface area contributed by atoms with E-state index in [1.165, 1.54) is 0 Å². The van der Waals surface area contributed by atoms with E-state index in [0.717, 1.165) is 36.6 Å². The summed E-state index contributed by atoms with van der Waals surface area (Å²) in [6, 6.07) is 0. The van der Waals surface area contributed by atoms with Gasteiger partial charge in [-0.2, -0.15) is 0 Å². The highest BCUT2D eigenvalue weighted by Gasteiger charge is 2.44. The van der Waals surface area contributed by atoms with Crippen LogP contribution in [0.2, 0.25) is 0 Å². The van der Waals surface area contributed by atoms with Crippen LogP contribution in [0.25, 0.3) is 0 Å². The second kappa shape index (κ2) is 5.15. The summed E-state index contributed by atoms with van der Waals surface area (Å²) in [6.07, 6.45) is 4.03. The van der Waals surface area contributed by atoms with Crippen molar-refractivity contribution in [1.29, 1.82) is 0 Å². The molecule has 1 saturated heterocycles. The number of aryl methyl sites for hydroxylation is 2. The number of nitrogens with zero attached hydrogens (tertiary/aromatic N) is 3. The number of anilines is 1. The molecule has 1 aliphatic heterocycles. The van der Waals surface area contributed by atoms with Crippen molar-refractivity contribution in [3.05, 3.63) is 17.6 Å². The van der Waals surface area contributed by atoms with Gasteiger partial charge in [0.1, 0.15) is 5.82 Å². The zero-order chi connectivity index (χ0) is 14.0. The van der Waals surface area contributed by atoms with Gasteiger partial charge in [0.05, 0.1) is 23.0 Å². The van der Waals surface area contributed by atoms with Crippen molar-refractivity contribution >= 4 is 11.8 Å². The molecule has 0 saturated carbocycles. The Bertz CT molecular complexity index is 490. The summed E-state index contributed by atoms with van der Waals surface area (Å²) in [5, 5.41) is 9.50. The maximum atomic E-state index is 11.5. The minimum absolute atomic E-state index is 0.535. The maximum absolute atomic E-state index is 11.5. The van der Waals surface area contributed by atoms with Crippen molar-refractivity contribution in [2.24, 2.45) is 5.41 Å². The Kier molecular flexibility index (Phi) is 3.73. The highest BCUT2D eigenvalue weighted by molar-refractivity contribution is 5.76. The fraction of sp³-hybridized carbons (Fsp3) is 0.643. The monoisotopic (exact) mass is 263 g/mol. The SMILES string of the molecule is CCCC1(C(=O)O)CCN(c2cnc(C)c(C)n2)C1. The fourth-order valence-electron chi connectivity index (χ4n) is 2.71. The predicted molar refractivity (Wildman–Crippen MR) is 73.3 cm³/mol. The average molecular weight is 263 g/mol. The Morgan fingerprint density at radius 1 is 1.47 bits per heavy atom. The Morgan fingerprint density at radius 3 is 2.79 bits per heavy atom. The van der Waals surface area contributed by atoms with Crippen LogP contribution in [0, 0.1) is 19.3 Å². The van der Waals surface area contributed by atoms with Crippen LogP contribution in [-0.2, 0) is 4.79 Å². The normalized spacial score (nSPS) is 22.8. The van der Waals surface area contributed by atoms with Crippen LogP contribution in [0.15, 0.2) is 6.20 Å². The first-order chi connectivity index (χ1) is 8.98. The topological polar surface area (TPSA) is 66.3 Å². The van der Waals surface area contributed by atoms with Gasteiger partial charge >= 0.3 is 5.97 Å². The minimum atomic E-state index is -0.686. The van der Waals surface area contributed by atoms with E-state index in [0.29, 0.717) is 13.0 Å². The molecular formula is C14H21N3O2. The first-order valence-electron chi connectivity index (χ1n) is 6.77. The lowest BCUT2D eigenvalue weighted by molar-refractivity contribution is -0.148. The summed E-state index contributed by atoms with van der Waals surface area (Å²) in [4.78, 5) is 22.4. The number of carboxylic acid groups (broad SMARTS) is 1. The van der Waals surface area contributed by atoms with E-state index >= 15 is 0 Å². The largest absolute Gasteiger partial charge is 0.481 e. The van der Waals surface area contributed by atoms with E-state index in [-0.39, 0.29) is 0 Å². The van der Waals surface area contributed by atoms with Gasteiger partial charge in [-0.05, 0) is 26.7 Å². The molecule has 0 aliphatic carbocycles. The molecule has 5 nitrogen and oxygen atoms in total. The van der Waals surface area contributed by atoms with Gasteiger partial charge in [0.15, 0.2) is 0 Å². The lowest BCUT2D eigenvalue weighted by Gasteiger charge is -2.24. The van der Waals surface area contributed by atoms with Crippen LogP contribution in [-0.4, -0.2) is 34.1 Å². The van der Waals surface area contributed by atoms with Crippen LogP contribution in [0.5, 0.6) is 0 Å². The quantitative estimate of drug-likeness (QED) is 0.901. The second-order valence-corrected chi connectivity index (χ2v) is 5.41. The summed E-state index contributed by atoms with van der Waals surface area (Å²) in [7, 11) is 0. The number of hydrogen-bond donors (Lipinski definition) is 1. The maximum Gasteiger partial charge on any atom is 0.311 e. The Labute approximate surface area is 113 Å². The summed E-state index contributed by atoms with van der Waals surface area (Å²) >= 11 is 0. The standard InChI is InChI=1S/C14H21N3O2/c1-4-5-14(13(18)19)6-7-17(9-14)12-8-15-10(2)11(3)16-12/h8H,4-7,9H2,1-3H3,(H,18,19). The molecule has 5 heteroatoms. The molecule has 0 aromatic carbocycles. The van der Waals surface area contributed by atoms with E-state index < -0.39 is 11.4 Å². The van der Waals surface area contributed by atoms with Crippen LogP contribution >= 0.6 is 0 Å². The Morgan fingerprint density at radius 2 is 2.21 bits per heavy atom. The van der Waals surface area contributed by atoms with Gasteiger partial charge < -0.3 is 10.0 Å². The van der Waals surface area contributed by atoms with Gasteiger partial charge in [-0.25, -0.2) is 4.98 Å². The summed E-state index contributed by atoms with van der Waals surface area (Å²) < 4.78 is 0. The first kappa shape index (κ1) is 13.8. The molecule has 1 N–H and O–H groups in total. The van der Waals surface area contributed by atoms with Crippen LogP contribution < -0.4 is 4.90 Å². The highest BCUT2D eigenvalue weighted by atomic mass is 16.4. The molecule has 0 bridgehead atoms. The van der Waals surface area contributed by atoms with Crippen molar-refractivity contribution in [2.75, 3.05) is 18.0 Å². The molecule has 2 rings (SSSR count). The summed E-state index contributed by atoms with van der Waals surface area (Å²) in [6.45, 7) is 7.16. The third-order valence-corrected chi connectivity index (χ3v) is 4.04. The molecule has 1 aromatic heterocycles. The number of carbonyl (C=O) groups is 1. The van der Waals surface area contributed by atoms with E-state index in [4.69, 9.17) is 0 Å².